The van der Waals surface area contributed by atoms with E-state index < -0.39 is 0 Å². The van der Waals surface area contributed by atoms with Gasteiger partial charge in [0.05, 0.1) is 12.0 Å². The van der Waals surface area contributed by atoms with Crippen LogP contribution >= 0.6 is 0 Å². The molecule has 2 aliphatic rings. The maximum Gasteiger partial charge on any atom is 0.251 e. The van der Waals surface area contributed by atoms with E-state index in [2.05, 4.69) is 10.3 Å². The third-order valence-electron chi connectivity index (χ3n) is 6.70. The Labute approximate surface area is 188 Å². The number of aromatic nitrogens is 1. The highest BCUT2D eigenvalue weighted by atomic mass is 19.1. The molecule has 4 rings (SSSR count). The van der Waals surface area contributed by atoms with Gasteiger partial charge in [-0.2, -0.15) is 0 Å². The lowest BCUT2D eigenvalue weighted by Crippen LogP contribution is -2.51. The molecule has 1 unspecified atom stereocenters. The first kappa shape index (κ1) is 22.4. The maximum atomic E-state index is 13.9. The number of piperidine rings is 1. The number of nitrogens with zero attached hydrogens (tertiary/aromatic N) is 2. The fourth-order valence-electron chi connectivity index (χ4n) is 4.80. The van der Waals surface area contributed by atoms with E-state index in [1.54, 1.807) is 42.7 Å². The summed E-state index contributed by atoms with van der Waals surface area (Å²) in [6.07, 6.45) is 7.79. The summed E-state index contributed by atoms with van der Waals surface area (Å²) in [6, 6.07) is 9.87. The first-order chi connectivity index (χ1) is 15.5. The van der Waals surface area contributed by atoms with Crippen LogP contribution in [0.1, 0.15) is 48.0 Å². The van der Waals surface area contributed by atoms with E-state index in [1.807, 2.05) is 4.90 Å². The van der Waals surface area contributed by atoms with Crippen molar-refractivity contribution in [2.75, 3.05) is 26.2 Å². The van der Waals surface area contributed by atoms with E-state index in [4.69, 9.17) is 4.74 Å². The normalized spacial score (nSPS) is 20.2. The molecule has 0 bridgehead atoms. The predicted octanol–water partition coefficient (Wildman–Crippen LogP) is 3.37. The van der Waals surface area contributed by atoms with Gasteiger partial charge in [-0.3, -0.25) is 14.6 Å². The van der Waals surface area contributed by atoms with Gasteiger partial charge in [-0.05, 0) is 61.8 Å². The molecule has 2 saturated heterocycles. The summed E-state index contributed by atoms with van der Waals surface area (Å²) in [4.78, 5) is 30.6. The van der Waals surface area contributed by atoms with Gasteiger partial charge in [-0.1, -0.05) is 18.2 Å². The molecule has 1 aromatic carbocycles. The lowest BCUT2D eigenvalue weighted by molar-refractivity contribution is -0.146. The Morgan fingerprint density at radius 3 is 2.66 bits per heavy atom. The number of rotatable bonds is 6. The number of halogens is 1. The largest absolute Gasteiger partial charge is 0.375 e. The molecule has 32 heavy (non-hydrogen) atoms. The van der Waals surface area contributed by atoms with Gasteiger partial charge in [0.2, 0.25) is 5.91 Å². The van der Waals surface area contributed by atoms with Crippen LogP contribution in [0.15, 0.2) is 48.8 Å². The molecule has 1 N–H and O–H groups in total. The Kier molecular flexibility index (Phi) is 7.15. The predicted molar refractivity (Wildman–Crippen MR) is 119 cm³/mol. The zero-order chi connectivity index (χ0) is 22.4. The zero-order valence-corrected chi connectivity index (χ0v) is 18.3. The molecule has 1 atom stereocenters. The first-order valence-electron chi connectivity index (χ1n) is 11.4. The van der Waals surface area contributed by atoms with Gasteiger partial charge >= 0.3 is 0 Å². The Hall–Kier alpha value is -2.80. The second kappa shape index (κ2) is 10.2. The van der Waals surface area contributed by atoms with Crippen LogP contribution in [0.3, 0.4) is 0 Å². The number of hydrogen-bond acceptors (Lipinski definition) is 4. The number of carbonyl (C=O) groups is 2. The first-order valence-corrected chi connectivity index (χ1v) is 11.4. The molecular weight excluding hydrogens is 409 g/mol. The van der Waals surface area contributed by atoms with E-state index >= 15 is 0 Å². The molecule has 7 heteroatoms. The lowest BCUT2D eigenvalue weighted by atomic mass is 9.78. The molecule has 170 valence electrons. The molecule has 1 aromatic heterocycles. The third-order valence-corrected chi connectivity index (χ3v) is 6.70. The van der Waals surface area contributed by atoms with Gasteiger partial charge in [-0.15, -0.1) is 0 Å². The zero-order valence-electron chi connectivity index (χ0n) is 18.3. The van der Waals surface area contributed by atoms with Crippen LogP contribution < -0.4 is 5.32 Å². The van der Waals surface area contributed by atoms with Crippen molar-refractivity contribution in [2.24, 2.45) is 5.92 Å². The molecule has 3 heterocycles. The topological polar surface area (TPSA) is 71.5 Å². The molecule has 6 nitrogen and oxygen atoms in total. The number of likely N-dealkylation sites (tertiary alicyclic amines) is 1. The molecule has 2 fully saturated rings. The average Bonchev–Trinajstić information content (AvgIpc) is 2.81. The van der Waals surface area contributed by atoms with Crippen molar-refractivity contribution < 1.29 is 18.7 Å². The molecular formula is C25H30FN3O3. The third kappa shape index (κ3) is 5.51. The Morgan fingerprint density at radius 2 is 1.91 bits per heavy atom. The number of benzene rings is 1. The van der Waals surface area contributed by atoms with Crippen molar-refractivity contribution in [1.82, 2.24) is 15.2 Å². The van der Waals surface area contributed by atoms with Gasteiger partial charge in [0.25, 0.3) is 5.91 Å². The minimum atomic E-state index is -0.330. The van der Waals surface area contributed by atoms with Crippen molar-refractivity contribution in [3.63, 3.8) is 0 Å². The van der Waals surface area contributed by atoms with Gasteiger partial charge in [0, 0.05) is 44.2 Å². The van der Waals surface area contributed by atoms with E-state index in [1.165, 1.54) is 6.07 Å². The highest BCUT2D eigenvalue weighted by Crippen LogP contribution is 2.38. The van der Waals surface area contributed by atoms with E-state index in [9.17, 15) is 14.0 Å². The second-order valence-electron chi connectivity index (χ2n) is 8.82. The fraction of sp³-hybridized carbons (Fsp3) is 0.480. The molecule has 2 aromatic rings. The Morgan fingerprint density at radius 1 is 1.16 bits per heavy atom. The molecule has 0 aliphatic carbocycles. The van der Waals surface area contributed by atoms with Crippen LogP contribution in [0.2, 0.25) is 0 Å². The van der Waals surface area contributed by atoms with Gasteiger partial charge < -0.3 is 15.0 Å². The van der Waals surface area contributed by atoms with Crippen molar-refractivity contribution in [3.8, 4) is 0 Å². The van der Waals surface area contributed by atoms with Crippen LogP contribution in [0.4, 0.5) is 4.39 Å². The van der Waals surface area contributed by atoms with Gasteiger partial charge in [0.1, 0.15) is 5.82 Å². The Bertz CT molecular complexity index is 929. The van der Waals surface area contributed by atoms with Crippen LogP contribution in [-0.2, 0) is 16.0 Å². The van der Waals surface area contributed by atoms with Crippen LogP contribution in [0, 0.1) is 11.7 Å². The molecule has 2 amide bonds. The summed E-state index contributed by atoms with van der Waals surface area (Å²) < 4.78 is 20.1. The monoisotopic (exact) mass is 439 g/mol. The van der Waals surface area contributed by atoms with Crippen LogP contribution in [-0.4, -0.2) is 53.5 Å². The van der Waals surface area contributed by atoms with Crippen molar-refractivity contribution in [2.45, 2.75) is 44.1 Å². The minimum absolute atomic E-state index is 0.0314. The number of hydrogen-bond donors (Lipinski definition) is 1. The highest BCUT2D eigenvalue weighted by molar-refractivity contribution is 5.93. The second-order valence-corrected chi connectivity index (χ2v) is 8.82. The number of nitrogens with one attached hydrogen (secondary N) is 1. The summed E-state index contributed by atoms with van der Waals surface area (Å²) in [5.74, 6) is 0.0537. The summed E-state index contributed by atoms with van der Waals surface area (Å²) in [7, 11) is 0. The Balaban J connectivity index is 1.23. The van der Waals surface area contributed by atoms with Crippen molar-refractivity contribution >= 4 is 11.8 Å². The number of carbonyl (C=O) groups excluding carboxylic acids is 2. The fourth-order valence-corrected chi connectivity index (χ4v) is 4.80. The number of pyridine rings is 1. The van der Waals surface area contributed by atoms with E-state index in [0.717, 1.165) is 32.1 Å². The van der Waals surface area contributed by atoms with Crippen molar-refractivity contribution in [3.05, 3.63) is 65.7 Å². The average molecular weight is 440 g/mol. The molecule has 0 saturated carbocycles. The quantitative estimate of drug-likeness (QED) is 0.749. The standard InChI is InChI=1S/C25H30FN3O3/c26-22-4-2-1-3-21(22)17-23(30)29-14-9-25(10-15-29)18-19(8-16-32-25)5-13-28-24(31)20-6-11-27-12-7-20/h1-4,6-7,11-12,19H,5,8-10,13-18H2,(H,28,31). The SMILES string of the molecule is O=C(NCCC1CCOC2(CCN(C(=O)Cc3ccccc3F)CC2)C1)c1ccncc1. The summed E-state index contributed by atoms with van der Waals surface area (Å²) in [6.45, 7) is 2.62. The minimum Gasteiger partial charge on any atom is -0.375 e. The van der Waals surface area contributed by atoms with Crippen molar-refractivity contribution in [1.29, 1.82) is 0 Å². The number of amides is 2. The number of ether oxygens (including phenoxy) is 1. The molecule has 2 aliphatic heterocycles. The maximum absolute atomic E-state index is 13.9. The molecule has 1 spiro atoms. The summed E-state index contributed by atoms with van der Waals surface area (Å²) in [5, 5.41) is 3.00. The van der Waals surface area contributed by atoms with E-state index in [0.29, 0.717) is 43.3 Å². The summed E-state index contributed by atoms with van der Waals surface area (Å²) >= 11 is 0. The lowest BCUT2D eigenvalue weighted by Gasteiger charge is -2.46. The smallest absolute Gasteiger partial charge is 0.251 e. The molecule has 0 radical (unpaired) electrons. The van der Waals surface area contributed by atoms with E-state index in [-0.39, 0.29) is 29.7 Å². The van der Waals surface area contributed by atoms with Gasteiger partial charge in [0.15, 0.2) is 0 Å². The van der Waals surface area contributed by atoms with Crippen LogP contribution in [0.25, 0.3) is 0 Å². The van der Waals surface area contributed by atoms with Crippen LogP contribution in [0.5, 0.6) is 0 Å². The summed E-state index contributed by atoms with van der Waals surface area (Å²) in [5.41, 5.74) is 0.878. The van der Waals surface area contributed by atoms with Gasteiger partial charge in [-0.25, -0.2) is 4.39 Å². The highest BCUT2D eigenvalue weighted by Gasteiger charge is 2.41.